The average Bonchev–Trinajstić information content (AvgIpc) is 3.34. The van der Waals surface area contributed by atoms with Crippen molar-refractivity contribution in [3.8, 4) is 17.5 Å². The van der Waals surface area contributed by atoms with E-state index in [4.69, 9.17) is 0 Å². The van der Waals surface area contributed by atoms with Crippen LogP contribution in [0.2, 0.25) is 0 Å². The monoisotopic (exact) mass is 484 g/mol. The van der Waals surface area contributed by atoms with Crippen LogP contribution in [0.5, 0.6) is 0 Å². The number of fused-ring (bicyclic) bond motifs is 1. The Morgan fingerprint density at radius 2 is 1.97 bits per heavy atom. The van der Waals surface area contributed by atoms with Gasteiger partial charge in [0.25, 0.3) is 0 Å². The summed E-state index contributed by atoms with van der Waals surface area (Å²) in [5.74, 6) is 0.407. The van der Waals surface area contributed by atoms with Gasteiger partial charge in [0.2, 0.25) is 5.95 Å². The average molecular weight is 485 g/mol. The molecule has 0 amide bonds. The summed E-state index contributed by atoms with van der Waals surface area (Å²) in [6.07, 6.45) is 4.91. The lowest BCUT2D eigenvalue weighted by Crippen LogP contribution is -2.50. The molecule has 1 fully saturated rings. The number of rotatable bonds is 6. The lowest BCUT2D eigenvalue weighted by atomic mass is 10.1. The number of benzene rings is 1. The Labute approximate surface area is 210 Å². The fraction of sp³-hybridized carbons (Fsp3) is 0.333. The summed E-state index contributed by atoms with van der Waals surface area (Å²) >= 11 is 0. The van der Waals surface area contributed by atoms with Crippen LogP contribution >= 0.6 is 0 Å². The first-order chi connectivity index (χ1) is 17.5. The van der Waals surface area contributed by atoms with Crippen LogP contribution in [-0.2, 0) is 6.67 Å². The van der Waals surface area contributed by atoms with E-state index >= 15 is 0 Å². The summed E-state index contributed by atoms with van der Waals surface area (Å²) in [6.45, 7) is 6.78. The van der Waals surface area contributed by atoms with Crippen LogP contribution in [0.15, 0.2) is 55.0 Å². The number of halogens is 1. The molecule has 5 rings (SSSR count). The first kappa shape index (κ1) is 23.7. The second-order valence-electron chi connectivity index (χ2n) is 9.31. The largest absolute Gasteiger partial charge is 0.369 e. The third-order valence-electron chi connectivity index (χ3n) is 6.98. The van der Waals surface area contributed by atoms with E-state index in [-0.39, 0.29) is 6.04 Å². The summed E-state index contributed by atoms with van der Waals surface area (Å²) in [6, 6.07) is 14.7. The Morgan fingerprint density at radius 1 is 1.17 bits per heavy atom. The van der Waals surface area contributed by atoms with Gasteiger partial charge in [0.15, 0.2) is 0 Å². The molecule has 0 bridgehead atoms. The zero-order valence-electron chi connectivity index (χ0n) is 20.7. The van der Waals surface area contributed by atoms with E-state index in [2.05, 4.69) is 81.3 Å². The Bertz CT molecular complexity index is 1410. The summed E-state index contributed by atoms with van der Waals surface area (Å²) in [5, 5.41) is 13.0. The third kappa shape index (κ3) is 4.48. The van der Waals surface area contributed by atoms with Crippen molar-refractivity contribution in [3.05, 3.63) is 71.7 Å². The molecule has 3 aromatic heterocycles. The van der Waals surface area contributed by atoms with E-state index in [0.29, 0.717) is 40.2 Å². The Kier molecular flexibility index (Phi) is 6.53. The minimum absolute atomic E-state index is 0.0495. The number of imidazole rings is 1. The third-order valence-corrected chi connectivity index (χ3v) is 6.98. The molecule has 1 aliphatic rings. The van der Waals surface area contributed by atoms with Gasteiger partial charge in [-0.3, -0.25) is 4.40 Å². The number of likely N-dealkylation sites (N-methyl/N-ethyl adjacent to an activating group) is 1. The molecule has 0 spiro atoms. The van der Waals surface area contributed by atoms with Crippen molar-refractivity contribution in [1.82, 2.24) is 24.3 Å². The normalized spacial score (nSPS) is 17.2. The molecular formula is C27H29FN8. The smallest absolute Gasteiger partial charge is 0.223 e. The molecule has 1 saturated heterocycles. The molecule has 1 aromatic carbocycles. The highest BCUT2D eigenvalue weighted by Gasteiger charge is 2.21. The molecule has 1 aliphatic heterocycles. The van der Waals surface area contributed by atoms with Gasteiger partial charge in [-0.15, -0.1) is 0 Å². The molecule has 184 valence electrons. The number of nitrogens with one attached hydrogen (secondary N) is 1. The summed E-state index contributed by atoms with van der Waals surface area (Å²) in [5.41, 5.74) is 4.71. The minimum atomic E-state index is -0.618. The van der Waals surface area contributed by atoms with Gasteiger partial charge < -0.3 is 15.1 Å². The highest BCUT2D eigenvalue weighted by atomic mass is 19.1. The standard InChI is InChI=1S/C27H29FN8/c1-18-17-35(12-11-34(18)3)23-8-6-20(7-9-23)19(2)32-27-31-15-22(14-29)25(33-27)24-16-30-26-21(13-28)5-4-10-36(24)26/h4-10,15-16,18-19H,11-13,17H2,1-3H3,(H,31,32,33)/t18-,19+/m1/s1. The van der Waals surface area contributed by atoms with E-state index < -0.39 is 6.67 Å². The maximum Gasteiger partial charge on any atom is 0.223 e. The van der Waals surface area contributed by atoms with Crippen molar-refractivity contribution >= 4 is 17.3 Å². The number of hydrogen-bond donors (Lipinski definition) is 1. The van der Waals surface area contributed by atoms with Crippen molar-refractivity contribution in [2.45, 2.75) is 32.6 Å². The van der Waals surface area contributed by atoms with Crippen LogP contribution < -0.4 is 10.2 Å². The van der Waals surface area contributed by atoms with Crippen molar-refractivity contribution in [2.24, 2.45) is 0 Å². The molecule has 4 aromatic rings. The SMILES string of the molecule is C[C@H](Nc1ncc(C#N)c(-c2cnc3c(CF)cccn23)n1)c1ccc(N2CCN(C)[C@H](C)C2)cc1. The molecule has 36 heavy (non-hydrogen) atoms. The van der Waals surface area contributed by atoms with Crippen molar-refractivity contribution < 1.29 is 4.39 Å². The molecule has 4 heterocycles. The number of piperazine rings is 1. The Balaban J connectivity index is 1.37. The number of nitriles is 1. The van der Waals surface area contributed by atoms with E-state index in [1.54, 1.807) is 28.9 Å². The van der Waals surface area contributed by atoms with E-state index in [9.17, 15) is 9.65 Å². The molecule has 8 nitrogen and oxygen atoms in total. The first-order valence-corrected chi connectivity index (χ1v) is 12.1. The summed E-state index contributed by atoms with van der Waals surface area (Å²) in [4.78, 5) is 18.2. The van der Waals surface area contributed by atoms with Gasteiger partial charge in [-0.2, -0.15) is 5.26 Å². The van der Waals surface area contributed by atoms with Gasteiger partial charge in [-0.1, -0.05) is 18.2 Å². The zero-order chi connectivity index (χ0) is 25.2. The molecular weight excluding hydrogens is 455 g/mol. The zero-order valence-corrected chi connectivity index (χ0v) is 20.7. The van der Waals surface area contributed by atoms with Crippen LogP contribution in [-0.4, -0.2) is 57.0 Å². The maximum absolute atomic E-state index is 13.4. The topological polar surface area (TPSA) is 85.4 Å². The number of nitrogens with zero attached hydrogens (tertiary/aromatic N) is 7. The molecule has 2 atom stereocenters. The van der Waals surface area contributed by atoms with Gasteiger partial charge in [-0.25, -0.2) is 19.3 Å². The second kappa shape index (κ2) is 9.91. The van der Waals surface area contributed by atoms with E-state index in [0.717, 1.165) is 25.2 Å². The predicted molar refractivity (Wildman–Crippen MR) is 139 cm³/mol. The predicted octanol–water partition coefficient (Wildman–Crippen LogP) is 4.45. The molecule has 0 saturated carbocycles. The highest BCUT2D eigenvalue weighted by molar-refractivity contribution is 5.68. The quantitative estimate of drug-likeness (QED) is 0.433. The van der Waals surface area contributed by atoms with E-state index in [1.165, 1.54) is 11.9 Å². The van der Waals surface area contributed by atoms with Gasteiger partial charge in [-0.05, 0) is 44.7 Å². The first-order valence-electron chi connectivity index (χ1n) is 12.1. The molecule has 0 radical (unpaired) electrons. The Morgan fingerprint density at radius 3 is 2.69 bits per heavy atom. The summed E-state index contributed by atoms with van der Waals surface area (Å²) in [7, 11) is 2.17. The molecule has 0 unspecified atom stereocenters. The van der Waals surface area contributed by atoms with Crippen LogP contribution in [0.25, 0.3) is 17.0 Å². The van der Waals surface area contributed by atoms with Crippen LogP contribution in [0.1, 0.15) is 36.6 Å². The lowest BCUT2D eigenvalue weighted by Gasteiger charge is -2.39. The lowest BCUT2D eigenvalue weighted by molar-refractivity contribution is 0.234. The molecule has 9 heteroatoms. The Hall–Kier alpha value is -4.03. The van der Waals surface area contributed by atoms with Gasteiger partial charge in [0, 0.05) is 43.1 Å². The molecule has 0 aliphatic carbocycles. The van der Waals surface area contributed by atoms with Crippen molar-refractivity contribution in [3.63, 3.8) is 0 Å². The van der Waals surface area contributed by atoms with Crippen molar-refractivity contribution in [2.75, 3.05) is 36.9 Å². The van der Waals surface area contributed by atoms with Crippen LogP contribution in [0.4, 0.5) is 16.0 Å². The highest BCUT2D eigenvalue weighted by Crippen LogP contribution is 2.27. The fourth-order valence-corrected chi connectivity index (χ4v) is 4.61. The second-order valence-corrected chi connectivity index (χ2v) is 9.31. The van der Waals surface area contributed by atoms with Gasteiger partial charge in [0.1, 0.15) is 24.1 Å². The molecule has 1 N–H and O–H groups in total. The minimum Gasteiger partial charge on any atom is -0.369 e. The fourth-order valence-electron chi connectivity index (χ4n) is 4.61. The number of aromatic nitrogens is 4. The number of pyridine rings is 1. The van der Waals surface area contributed by atoms with Crippen LogP contribution in [0.3, 0.4) is 0 Å². The van der Waals surface area contributed by atoms with Gasteiger partial charge in [0.05, 0.1) is 29.7 Å². The van der Waals surface area contributed by atoms with Crippen molar-refractivity contribution in [1.29, 1.82) is 5.26 Å². The van der Waals surface area contributed by atoms with Gasteiger partial charge >= 0.3 is 0 Å². The van der Waals surface area contributed by atoms with Crippen LogP contribution in [0, 0.1) is 11.3 Å². The number of hydrogen-bond acceptors (Lipinski definition) is 7. The summed E-state index contributed by atoms with van der Waals surface area (Å²) < 4.78 is 15.2. The number of alkyl halides is 1. The maximum atomic E-state index is 13.4. The van der Waals surface area contributed by atoms with E-state index in [1.807, 2.05) is 0 Å². The number of anilines is 2.